The van der Waals surface area contributed by atoms with Gasteiger partial charge in [-0.2, -0.15) is 0 Å². The first-order chi connectivity index (χ1) is 7.66. The van der Waals surface area contributed by atoms with E-state index in [0.717, 1.165) is 0 Å². The van der Waals surface area contributed by atoms with Crippen LogP contribution < -0.4 is 10.9 Å². The Hall–Kier alpha value is -2.11. The zero-order valence-electron chi connectivity index (χ0n) is 8.53. The maximum Gasteiger partial charge on any atom is 0.255 e. The van der Waals surface area contributed by atoms with E-state index in [2.05, 4.69) is 10.3 Å². The Morgan fingerprint density at radius 2 is 2.12 bits per heavy atom. The lowest BCUT2D eigenvalue weighted by Crippen LogP contribution is -2.50. The number of nitrogens with zero attached hydrogens (tertiary/aromatic N) is 1. The number of pyridine rings is 1. The number of hydrogen-bond acceptors (Lipinski definition) is 3. The molecule has 0 aliphatic carbocycles. The smallest absolute Gasteiger partial charge is 0.255 e. The molecule has 1 aromatic heterocycles. The van der Waals surface area contributed by atoms with Gasteiger partial charge >= 0.3 is 0 Å². The van der Waals surface area contributed by atoms with Gasteiger partial charge in [-0.25, -0.2) is 0 Å². The van der Waals surface area contributed by atoms with E-state index in [1.54, 1.807) is 0 Å². The summed E-state index contributed by atoms with van der Waals surface area (Å²) in [5, 5.41) is 2.64. The summed E-state index contributed by atoms with van der Waals surface area (Å²) in [6.07, 6.45) is 1.36. The van der Waals surface area contributed by atoms with Gasteiger partial charge < -0.3 is 15.2 Å². The fourth-order valence-corrected chi connectivity index (χ4v) is 1.54. The average Bonchev–Trinajstić information content (AvgIpc) is 2.29. The van der Waals surface area contributed by atoms with Crippen molar-refractivity contribution in [3.8, 4) is 0 Å². The van der Waals surface area contributed by atoms with Gasteiger partial charge in [0.05, 0.1) is 12.1 Å². The summed E-state index contributed by atoms with van der Waals surface area (Å²) < 4.78 is 0. The molecule has 2 heterocycles. The van der Waals surface area contributed by atoms with Gasteiger partial charge in [0.1, 0.15) is 0 Å². The van der Waals surface area contributed by atoms with Crippen molar-refractivity contribution in [2.24, 2.45) is 0 Å². The van der Waals surface area contributed by atoms with E-state index >= 15 is 0 Å². The van der Waals surface area contributed by atoms with Crippen molar-refractivity contribution in [1.82, 2.24) is 15.2 Å². The summed E-state index contributed by atoms with van der Waals surface area (Å²) in [4.78, 5) is 37.7. The van der Waals surface area contributed by atoms with E-state index in [9.17, 15) is 14.4 Å². The molecule has 0 atom stereocenters. The van der Waals surface area contributed by atoms with Crippen LogP contribution in [0, 0.1) is 0 Å². The molecule has 2 rings (SSSR count). The molecule has 84 valence electrons. The molecular weight excluding hydrogens is 210 g/mol. The molecule has 0 unspecified atom stereocenters. The Morgan fingerprint density at radius 3 is 2.75 bits per heavy atom. The largest absolute Gasteiger partial charge is 0.353 e. The number of carbonyl (C=O) groups excluding carboxylic acids is 2. The predicted octanol–water partition coefficient (Wildman–Crippen LogP) is -1.05. The maximum atomic E-state index is 11.9. The monoisotopic (exact) mass is 221 g/mol. The third kappa shape index (κ3) is 2.10. The minimum Gasteiger partial charge on any atom is -0.353 e. The molecule has 16 heavy (non-hydrogen) atoms. The summed E-state index contributed by atoms with van der Waals surface area (Å²) in [7, 11) is 0. The lowest BCUT2D eigenvalue weighted by molar-refractivity contribution is -0.123. The maximum absolute atomic E-state index is 11.9. The fraction of sp³-hybridized carbons (Fsp3) is 0.300. The van der Waals surface area contributed by atoms with E-state index in [0.29, 0.717) is 18.7 Å². The topological polar surface area (TPSA) is 82.3 Å². The van der Waals surface area contributed by atoms with Crippen molar-refractivity contribution < 1.29 is 9.59 Å². The third-order valence-corrected chi connectivity index (χ3v) is 2.36. The first-order valence-electron chi connectivity index (χ1n) is 4.91. The second-order valence-corrected chi connectivity index (χ2v) is 3.52. The van der Waals surface area contributed by atoms with Crippen LogP contribution in [0.1, 0.15) is 10.4 Å². The second-order valence-electron chi connectivity index (χ2n) is 3.52. The molecule has 0 aromatic carbocycles. The van der Waals surface area contributed by atoms with Gasteiger partial charge in [0.25, 0.3) is 5.91 Å². The van der Waals surface area contributed by atoms with Gasteiger partial charge in [-0.15, -0.1) is 0 Å². The van der Waals surface area contributed by atoms with Crippen LogP contribution in [-0.4, -0.2) is 41.3 Å². The average molecular weight is 221 g/mol. The zero-order chi connectivity index (χ0) is 11.5. The number of nitrogens with one attached hydrogen (secondary N) is 2. The van der Waals surface area contributed by atoms with Crippen LogP contribution in [0.4, 0.5) is 0 Å². The van der Waals surface area contributed by atoms with E-state index in [1.165, 1.54) is 23.2 Å². The van der Waals surface area contributed by atoms with E-state index < -0.39 is 0 Å². The summed E-state index contributed by atoms with van der Waals surface area (Å²) in [6, 6.07) is 2.74. The highest BCUT2D eigenvalue weighted by Crippen LogP contribution is 2.03. The van der Waals surface area contributed by atoms with Crippen LogP contribution in [0.2, 0.25) is 0 Å². The lowest BCUT2D eigenvalue weighted by Gasteiger charge is -2.26. The highest BCUT2D eigenvalue weighted by atomic mass is 16.2. The molecule has 1 fully saturated rings. The summed E-state index contributed by atoms with van der Waals surface area (Å²) in [5.74, 6) is -0.407. The number of carbonyl (C=O) groups is 2. The van der Waals surface area contributed by atoms with Gasteiger partial charge in [-0.05, 0) is 6.07 Å². The number of H-pyrrole nitrogens is 1. The van der Waals surface area contributed by atoms with Gasteiger partial charge in [-0.1, -0.05) is 0 Å². The standard InChI is InChI=1S/C10H11N3O3/c14-8-2-1-7(5-12-8)10(16)13-4-3-11-9(15)6-13/h1-2,5H,3-4,6H2,(H,11,15)(H,12,14). The Morgan fingerprint density at radius 1 is 1.31 bits per heavy atom. The molecule has 6 nitrogen and oxygen atoms in total. The third-order valence-electron chi connectivity index (χ3n) is 2.36. The molecule has 0 spiro atoms. The number of hydrogen-bond donors (Lipinski definition) is 2. The minimum absolute atomic E-state index is 0.0674. The minimum atomic E-state index is -0.257. The van der Waals surface area contributed by atoms with Crippen molar-refractivity contribution in [3.05, 3.63) is 34.2 Å². The van der Waals surface area contributed by atoms with Crippen LogP contribution in [-0.2, 0) is 4.79 Å². The van der Waals surface area contributed by atoms with E-state index in [4.69, 9.17) is 0 Å². The Kier molecular flexibility index (Phi) is 2.72. The van der Waals surface area contributed by atoms with Crippen molar-refractivity contribution >= 4 is 11.8 Å². The molecule has 0 radical (unpaired) electrons. The molecule has 1 aromatic rings. The van der Waals surface area contributed by atoms with Crippen LogP contribution in [0.3, 0.4) is 0 Å². The van der Waals surface area contributed by atoms with Crippen LogP contribution in [0.5, 0.6) is 0 Å². The zero-order valence-corrected chi connectivity index (χ0v) is 8.53. The van der Waals surface area contributed by atoms with Crippen LogP contribution in [0.15, 0.2) is 23.1 Å². The van der Waals surface area contributed by atoms with Gasteiger partial charge in [0, 0.05) is 25.4 Å². The van der Waals surface area contributed by atoms with Crippen molar-refractivity contribution in [2.45, 2.75) is 0 Å². The summed E-state index contributed by atoms with van der Waals surface area (Å²) >= 11 is 0. The lowest BCUT2D eigenvalue weighted by atomic mass is 10.2. The first-order valence-corrected chi connectivity index (χ1v) is 4.91. The Bertz CT molecular complexity index is 460. The number of amides is 2. The van der Waals surface area contributed by atoms with Gasteiger partial charge in [-0.3, -0.25) is 14.4 Å². The number of aromatic nitrogens is 1. The second kappa shape index (κ2) is 4.18. The van der Waals surface area contributed by atoms with Crippen molar-refractivity contribution in [3.63, 3.8) is 0 Å². The van der Waals surface area contributed by atoms with E-state index in [1.807, 2.05) is 0 Å². The summed E-state index contributed by atoms with van der Waals surface area (Å²) in [5.41, 5.74) is 0.127. The fourth-order valence-electron chi connectivity index (χ4n) is 1.54. The molecule has 0 bridgehead atoms. The van der Waals surface area contributed by atoms with Crippen LogP contribution >= 0.6 is 0 Å². The molecule has 0 saturated carbocycles. The van der Waals surface area contributed by atoms with Crippen molar-refractivity contribution in [2.75, 3.05) is 19.6 Å². The van der Waals surface area contributed by atoms with Crippen LogP contribution in [0.25, 0.3) is 0 Å². The highest BCUT2D eigenvalue weighted by molar-refractivity contribution is 5.96. The molecule has 2 amide bonds. The van der Waals surface area contributed by atoms with E-state index in [-0.39, 0.29) is 23.9 Å². The molecule has 6 heteroatoms. The quantitative estimate of drug-likeness (QED) is 0.634. The molecule has 2 N–H and O–H groups in total. The SMILES string of the molecule is O=C1CN(C(=O)c2ccc(=O)[nH]c2)CCN1. The van der Waals surface area contributed by atoms with Crippen molar-refractivity contribution in [1.29, 1.82) is 0 Å². The molecule has 1 aliphatic heterocycles. The normalized spacial score (nSPS) is 15.8. The molecular formula is C10H11N3O3. The van der Waals surface area contributed by atoms with Gasteiger partial charge in [0.15, 0.2) is 0 Å². The Labute approximate surface area is 91.3 Å². The number of aromatic amines is 1. The number of rotatable bonds is 1. The molecule has 1 saturated heterocycles. The predicted molar refractivity (Wildman–Crippen MR) is 56.0 cm³/mol. The highest BCUT2D eigenvalue weighted by Gasteiger charge is 2.21. The first kappa shape index (κ1) is 10.4. The Balaban J connectivity index is 2.15. The number of piperazine rings is 1. The van der Waals surface area contributed by atoms with Gasteiger partial charge in [0.2, 0.25) is 11.5 Å². The summed E-state index contributed by atoms with van der Waals surface area (Å²) in [6.45, 7) is 1.02. The molecule has 1 aliphatic rings.